The number of aromatic nitrogens is 1. The summed E-state index contributed by atoms with van der Waals surface area (Å²) >= 11 is 7.19. The summed E-state index contributed by atoms with van der Waals surface area (Å²) in [5.74, 6) is 0. The van der Waals surface area contributed by atoms with Gasteiger partial charge in [0, 0.05) is 0 Å². The van der Waals surface area contributed by atoms with E-state index in [1.807, 2.05) is 0 Å². The van der Waals surface area contributed by atoms with Crippen molar-refractivity contribution in [3.05, 3.63) is 15.5 Å². The van der Waals surface area contributed by atoms with Crippen LogP contribution in [-0.2, 0) is 0 Å². The molecule has 0 amide bonds. The zero-order valence-corrected chi connectivity index (χ0v) is 14.2. The molecule has 0 bridgehead atoms. The Bertz CT molecular complexity index is 343. The molecule has 1 rings (SSSR count). The zero-order chi connectivity index (χ0) is 14.6. The van der Waals surface area contributed by atoms with Gasteiger partial charge >= 0.3 is 0 Å². The highest BCUT2D eigenvalue weighted by Gasteiger charge is 2.11. The van der Waals surface area contributed by atoms with Crippen molar-refractivity contribution in [1.82, 2.24) is 4.98 Å². The first-order valence-electron chi connectivity index (χ1n) is 8.03. The maximum Gasteiger partial charge on any atom is 0.123 e. The number of aliphatic hydroxyl groups is 1. The van der Waals surface area contributed by atoms with Crippen LogP contribution >= 0.6 is 22.9 Å². The summed E-state index contributed by atoms with van der Waals surface area (Å²) in [6, 6.07) is 0. The summed E-state index contributed by atoms with van der Waals surface area (Å²) in [6.45, 7) is 2.26. The lowest BCUT2D eigenvalue weighted by molar-refractivity contribution is 0.163. The summed E-state index contributed by atoms with van der Waals surface area (Å²) in [4.78, 5) is 4.12. The van der Waals surface area contributed by atoms with Gasteiger partial charge in [-0.25, -0.2) is 4.98 Å². The van der Waals surface area contributed by atoms with E-state index in [0.717, 1.165) is 17.8 Å². The lowest BCUT2D eigenvalue weighted by atomic mass is 10.0. The third-order valence-electron chi connectivity index (χ3n) is 3.61. The molecule has 1 heterocycles. The molecule has 0 fully saturated rings. The van der Waals surface area contributed by atoms with Crippen LogP contribution in [0.15, 0.2) is 6.20 Å². The van der Waals surface area contributed by atoms with Crippen LogP contribution in [0.4, 0.5) is 0 Å². The molecule has 1 atom stereocenters. The fourth-order valence-electron chi connectivity index (χ4n) is 2.37. The molecule has 116 valence electrons. The van der Waals surface area contributed by atoms with E-state index >= 15 is 0 Å². The van der Waals surface area contributed by atoms with Gasteiger partial charge in [0.1, 0.15) is 15.4 Å². The predicted molar refractivity (Wildman–Crippen MR) is 88.5 cm³/mol. The van der Waals surface area contributed by atoms with Gasteiger partial charge in [-0.1, -0.05) is 82.7 Å². The van der Waals surface area contributed by atoms with E-state index in [2.05, 4.69) is 11.9 Å². The molecule has 2 nitrogen and oxygen atoms in total. The number of rotatable bonds is 12. The summed E-state index contributed by atoms with van der Waals surface area (Å²) in [7, 11) is 0. The Labute approximate surface area is 132 Å². The first kappa shape index (κ1) is 17.9. The summed E-state index contributed by atoms with van der Waals surface area (Å²) in [5.41, 5.74) is 0. The van der Waals surface area contributed by atoms with Crippen molar-refractivity contribution in [3.63, 3.8) is 0 Å². The molecule has 0 radical (unpaired) electrons. The Morgan fingerprint density at radius 2 is 1.60 bits per heavy atom. The van der Waals surface area contributed by atoms with Crippen molar-refractivity contribution >= 4 is 22.9 Å². The van der Waals surface area contributed by atoms with Gasteiger partial charge in [0.05, 0.1) is 6.20 Å². The topological polar surface area (TPSA) is 33.1 Å². The van der Waals surface area contributed by atoms with E-state index in [-0.39, 0.29) is 0 Å². The maximum atomic E-state index is 9.95. The van der Waals surface area contributed by atoms with Crippen LogP contribution in [0.25, 0.3) is 0 Å². The number of nitrogens with zero attached hydrogens (tertiary/aromatic N) is 1. The van der Waals surface area contributed by atoms with Gasteiger partial charge < -0.3 is 5.11 Å². The number of halogens is 1. The SMILES string of the molecule is CCCCCCCCCCCCC(O)c1ncc(Cl)s1. The number of thiazole rings is 1. The van der Waals surface area contributed by atoms with Crippen molar-refractivity contribution in [1.29, 1.82) is 0 Å². The second-order valence-electron chi connectivity index (χ2n) is 5.49. The predicted octanol–water partition coefficient (Wildman–Crippen LogP) is 6.14. The van der Waals surface area contributed by atoms with Gasteiger partial charge in [-0.15, -0.1) is 11.3 Å². The van der Waals surface area contributed by atoms with Crippen LogP contribution in [0.3, 0.4) is 0 Å². The molecule has 1 unspecified atom stereocenters. The molecule has 1 aromatic rings. The largest absolute Gasteiger partial charge is 0.386 e. The maximum absolute atomic E-state index is 9.95. The van der Waals surface area contributed by atoms with Gasteiger partial charge in [0.2, 0.25) is 0 Å². The molecule has 0 spiro atoms. The van der Waals surface area contributed by atoms with Crippen molar-refractivity contribution < 1.29 is 5.11 Å². The quantitative estimate of drug-likeness (QED) is 0.469. The molecule has 0 aromatic carbocycles. The average Bonchev–Trinajstić information content (AvgIpc) is 2.87. The molecule has 0 aliphatic heterocycles. The Morgan fingerprint density at radius 1 is 1.05 bits per heavy atom. The highest BCUT2D eigenvalue weighted by Crippen LogP contribution is 2.27. The number of hydrogen-bond donors (Lipinski definition) is 1. The molecule has 0 aliphatic rings. The minimum absolute atomic E-state index is 0.429. The van der Waals surface area contributed by atoms with Crippen molar-refractivity contribution in [3.8, 4) is 0 Å². The number of unbranched alkanes of at least 4 members (excludes halogenated alkanes) is 9. The van der Waals surface area contributed by atoms with Crippen molar-refractivity contribution in [2.24, 2.45) is 0 Å². The normalized spacial score (nSPS) is 12.8. The van der Waals surface area contributed by atoms with Crippen molar-refractivity contribution in [2.75, 3.05) is 0 Å². The van der Waals surface area contributed by atoms with Crippen molar-refractivity contribution in [2.45, 2.75) is 83.7 Å². The van der Waals surface area contributed by atoms with Gasteiger partial charge in [-0.2, -0.15) is 0 Å². The minimum Gasteiger partial charge on any atom is -0.386 e. The lowest BCUT2D eigenvalue weighted by Crippen LogP contribution is -1.96. The standard InChI is InChI=1S/C16H28ClNOS/c1-2-3-4-5-6-7-8-9-10-11-12-14(19)16-18-13-15(17)20-16/h13-14,19H,2-12H2,1H3. The lowest BCUT2D eigenvalue weighted by Gasteiger charge is -2.07. The van der Waals surface area contributed by atoms with Gasteiger partial charge in [0.25, 0.3) is 0 Å². The monoisotopic (exact) mass is 317 g/mol. The van der Waals surface area contributed by atoms with Crippen LogP contribution in [-0.4, -0.2) is 10.1 Å². The second-order valence-corrected chi connectivity index (χ2v) is 7.18. The molecule has 1 N–H and O–H groups in total. The van der Waals surface area contributed by atoms with E-state index in [4.69, 9.17) is 11.6 Å². The van der Waals surface area contributed by atoms with Gasteiger partial charge in [0.15, 0.2) is 0 Å². The average molecular weight is 318 g/mol. The summed E-state index contributed by atoms with van der Waals surface area (Å²) in [5, 5.41) is 10.7. The highest BCUT2D eigenvalue weighted by molar-refractivity contribution is 7.15. The fourth-order valence-corrected chi connectivity index (χ4v) is 3.32. The third-order valence-corrected chi connectivity index (χ3v) is 4.83. The first-order valence-corrected chi connectivity index (χ1v) is 9.22. The molecule has 4 heteroatoms. The fraction of sp³-hybridized carbons (Fsp3) is 0.812. The Hall–Kier alpha value is -0.120. The van der Waals surface area contributed by atoms with Crippen LogP contribution < -0.4 is 0 Å². The number of aliphatic hydroxyl groups excluding tert-OH is 1. The van der Waals surface area contributed by atoms with E-state index in [0.29, 0.717) is 4.34 Å². The molecule has 0 saturated heterocycles. The third kappa shape index (κ3) is 8.23. The molecule has 0 saturated carbocycles. The molecular weight excluding hydrogens is 290 g/mol. The zero-order valence-electron chi connectivity index (χ0n) is 12.6. The van der Waals surface area contributed by atoms with Crippen LogP contribution in [0.5, 0.6) is 0 Å². The minimum atomic E-state index is -0.429. The molecule has 1 aromatic heterocycles. The number of hydrogen-bond acceptors (Lipinski definition) is 3. The van der Waals surface area contributed by atoms with Crippen LogP contribution in [0.2, 0.25) is 4.34 Å². The van der Waals surface area contributed by atoms with E-state index in [1.165, 1.54) is 69.1 Å². The van der Waals surface area contributed by atoms with Crippen LogP contribution in [0.1, 0.15) is 88.7 Å². The smallest absolute Gasteiger partial charge is 0.123 e. The molecular formula is C16H28ClNOS. The van der Waals surface area contributed by atoms with E-state index in [1.54, 1.807) is 6.20 Å². The summed E-state index contributed by atoms with van der Waals surface area (Å²) < 4.78 is 0.655. The van der Waals surface area contributed by atoms with Crippen LogP contribution in [0, 0.1) is 0 Å². The summed E-state index contributed by atoms with van der Waals surface area (Å²) in [6.07, 6.45) is 15.2. The molecule has 0 aliphatic carbocycles. The first-order chi connectivity index (χ1) is 9.74. The Kier molecular flexibility index (Phi) is 10.3. The van der Waals surface area contributed by atoms with Gasteiger partial charge in [-0.05, 0) is 6.42 Å². The van der Waals surface area contributed by atoms with E-state index < -0.39 is 6.10 Å². The Morgan fingerprint density at radius 3 is 2.10 bits per heavy atom. The van der Waals surface area contributed by atoms with Gasteiger partial charge in [-0.3, -0.25) is 0 Å². The van der Waals surface area contributed by atoms with E-state index in [9.17, 15) is 5.11 Å². The Balaban J connectivity index is 1.89. The molecule has 20 heavy (non-hydrogen) atoms. The second kappa shape index (κ2) is 11.5. The highest BCUT2D eigenvalue weighted by atomic mass is 35.5.